The van der Waals surface area contributed by atoms with Crippen LogP contribution in [0.3, 0.4) is 0 Å². The van der Waals surface area contributed by atoms with Gasteiger partial charge in [-0.25, -0.2) is 4.39 Å². The van der Waals surface area contributed by atoms with E-state index in [-0.39, 0.29) is 43.0 Å². The molecule has 1 fully saturated rings. The van der Waals surface area contributed by atoms with Crippen molar-refractivity contribution in [1.29, 1.82) is 0 Å². The van der Waals surface area contributed by atoms with Crippen LogP contribution in [0.4, 0.5) is 4.39 Å². The molecule has 0 saturated carbocycles. The van der Waals surface area contributed by atoms with E-state index in [1.807, 2.05) is 0 Å². The molecule has 10 heteroatoms. The number of hydrogen-bond donors (Lipinski definition) is 2. The maximum absolute atomic E-state index is 14.7. The first kappa shape index (κ1) is 30.2. The molecule has 228 valence electrons. The van der Waals surface area contributed by atoms with E-state index in [9.17, 15) is 14.0 Å². The van der Waals surface area contributed by atoms with Crippen LogP contribution in [0.5, 0.6) is 28.7 Å². The van der Waals surface area contributed by atoms with Gasteiger partial charge in [-0.3, -0.25) is 9.59 Å². The molecule has 1 saturated heterocycles. The number of hydrogen-bond acceptors (Lipinski definition) is 7. The van der Waals surface area contributed by atoms with Crippen molar-refractivity contribution in [3.63, 3.8) is 0 Å². The molecule has 2 N–H and O–H groups in total. The standard InChI is InChI=1S/C33H38FN3O6/c1-22(2)21-37-13-10-33(11-14-37)32(39)36-20-23-16-25(34)19-28(17-23)42-30-18-24(4-9-29(30)40-3)31(38)35-12-15-41-26-5-7-27(43-33)8-6-26/h4-9,16-19,22H,10-15,20-21H2,1-3H3,(H,35,38)(H,36,39). The molecule has 6 bridgehead atoms. The molecule has 3 aromatic rings. The van der Waals surface area contributed by atoms with Crippen molar-refractivity contribution < 1.29 is 32.9 Å². The van der Waals surface area contributed by atoms with Gasteiger partial charge in [0.1, 0.15) is 29.7 Å². The second-order valence-electron chi connectivity index (χ2n) is 11.3. The summed E-state index contributed by atoms with van der Waals surface area (Å²) in [6.07, 6.45) is 1.02. The predicted molar refractivity (Wildman–Crippen MR) is 159 cm³/mol. The van der Waals surface area contributed by atoms with Crippen LogP contribution in [0.1, 0.15) is 42.6 Å². The van der Waals surface area contributed by atoms with E-state index in [2.05, 4.69) is 29.4 Å². The van der Waals surface area contributed by atoms with Crippen LogP contribution in [-0.2, 0) is 11.3 Å². The van der Waals surface area contributed by atoms with Gasteiger partial charge in [0, 0.05) is 50.7 Å². The van der Waals surface area contributed by atoms with E-state index in [0.717, 1.165) is 19.6 Å². The van der Waals surface area contributed by atoms with Crippen LogP contribution in [0, 0.1) is 11.7 Å². The number of carbonyl (C=O) groups excluding carboxylic acids is 2. The number of benzene rings is 3. The number of methoxy groups -OCH3 is 1. The summed E-state index contributed by atoms with van der Waals surface area (Å²) in [6, 6.07) is 16.1. The fourth-order valence-electron chi connectivity index (χ4n) is 5.40. The molecule has 9 nitrogen and oxygen atoms in total. The summed E-state index contributed by atoms with van der Waals surface area (Å²) in [7, 11) is 1.48. The molecule has 3 aliphatic rings. The highest BCUT2D eigenvalue weighted by molar-refractivity contribution is 5.95. The molecule has 0 unspecified atom stereocenters. The zero-order valence-corrected chi connectivity index (χ0v) is 24.8. The number of likely N-dealkylation sites (tertiary alicyclic amines) is 1. The summed E-state index contributed by atoms with van der Waals surface area (Å²) >= 11 is 0. The highest BCUT2D eigenvalue weighted by Crippen LogP contribution is 2.34. The Morgan fingerprint density at radius 1 is 0.953 bits per heavy atom. The van der Waals surface area contributed by atoms with Gasteiger partial charge in [0.15, 0.2) is 17.1 Å². The first-order valence-electron chi connectivity index (χ1n) is 14.6. The largest absolute Gasteiger partial charge is 0.493 e. The summed E-state index contributed by atoms with van der Waals surface area (Å²) in [5, 5.41) is 5.81. The third kappa shape index (κ3) is 7.56. The van der Waals surface area contributed by atoms with E-state index >= 15 is 0 Å². The molecule has 6 rings (SSSR count). The molecule has 0 aliphatic carbocycles. The monoisotopic (exact) mass is 591 g/mol. The number of fused-ring (bicyclic) bond motifs is 8. The molecule has 0 atom stereocenters. The average molecular weight is 592 g/mol. The van der Waals surface area contributed by atoms with Crippen molar-refractivity contribution in [3.8, 4) is 28.7 Å². The lowest BCUT2D eigenvalue weighted by molar-refractivity contribution is -0.141. The molecule has 2 amide bonds. The summed E-state index contributed by atoms with van der Waals surface area (Å²) in [6.45, 7) is 7.32. The Balaban J connectivity index is 1.44. The van der Waals surface area contributed by atoms with Crippen molar-refractivity contribution in [2.75, 3.05) is 39.9 Å². The van der Waals surface area contributed by atoms with E-state index < -0.39 is 11.4 Å². The van der Waals surface area contributed by atoms with Crippen molar-refractivity contribution in [3.05, 3.63) is 77.6 Å². The Kier molecular flexibility index (Phi) is 9.35. The van der Waals surface area contributed by atoms with Crippen LogP contribution in [0.15, 0.2) is 60.7 Å². The second kappa shape index (κ2) is 13.3. The molecular weight excluding hydrogens is 553 g/mol. The van der Waals surface area contributed by atoms with Gasteiger partial charge in [-0.15, -0.1) is 0 Å². The summed E-state index contributed by atoms with van der Waals surface area (Å²) in [5.74, 6) is 1.40. The number of nitrogens with zero attached hydrogens (tertiary/aromatic N) is 1. The lowest BCUT2D eigenvalue weighted by Gasteiger charge is -2.41. The highest BCUT2D eigenvalue weighted by atomic mass is 19.1. The van der Waals surface area contributed by atoms with E-state index in [4.69, 9.17) is 18.9 Å². The first-order valence-corrected chi connectivity index (χ1v) is 14.6. The van der Waals surface area contributed by atoms with E-state index in [1.54, 1.807) is 42.5 Å². The quantitative estimate of drug-likeness (QED) is 0.446. The number of nitrogens with one attached hydrogen (secondary N) is 2. The second-order valence-corrected chi connectivity index (χ2v) is 11.3. The smallest absolute Gasteiger partial charge is 0.264 e. The maximum atomic E-state index is 14.7. The summed E-state index contributed by atoms with van der Waals surface area (Å²) in [5.41, 5.74) is -0.230. The van der Waals surface area contributed by atoms with Gasteiger partial charge < -0.3 is 34.5 Å². The summed E-state index contributed by atoms with van der Waals surface area (Å²) in [4.78, 5) is 29.0. The van der Waals surface area contributed by atoms with E-state index in [0.29, 0.717) is 47.1 Å². The van der Waals surface area contributed by atoms with Crippen molar-refractivity contribution in [1.82, 2.24) is 15.5 Å². The number of carbonyl (C=O) groups is 2. The lowest BCUT2D eigenvalue weighted by Crippen LogP contribution is -2.57. The third-order valence-electron chi connectivity index (χ3n) is 7.53. The minimum atomic E-state index is -1.08. The van der Waals surface area contributed by atoms with E-state index in [1.165, 1.54) is 25.3 Å². The Morgan fingerprint density at radius 2 is 1.70 bits per heavy atom. The lowest BCUT2D eigenvalue weighted by atomic mass is 9.89. The SMILES string of the molecule is COc1ccc2cc1Oc1cc(F)cc(c1)CNC(=O)C1(CCN(CC(C)C)CC1)Oc1ccc(cc1)OCCNC2=O. The van der Waals surface area contributed by atoms with Crippen molar-refractivity contribution >= 4 is 11.8 Å². The molecule has 3 heterocycles. The molecule has 3 aliphatic heterocycles. The number of rotatable bonds is 3. The Labute approximate surface area is 251 Å². The van der Waals surface area contributed by atoms with Gasteiger partial charge >= 0.3 is 0 Å². The molecule has 3 aromatic carbocycles. The normalized spacial score (nSPS) is 17.6. The number of amides is 2. The predicted octanol–water partition coefficient (Wildman–Crippen LogP) is 4.93. The molecule has 1 spiro atoms. The average Bonchev–Trinajstić information content (AvgIpc) is 2.99. The van der Waals surface area contributed by atoms with Crippen molar-refractivity contribution in [2.24, 2.45) is 5.92 Å². The zero-order chi connectivity index (χ0) is 30.4. The van der Waals surface area contributed by atoms with Gasteiger partial charge in [0.25, 0.3) is 11.8 Å². The highest BCUT2D eigenvalue weighted by Gasteiger charge is 2.43. The Bertz CT molecular complexity index is 1440. The van der Waals surface area contributed by atoms with Crippen LogP contribution in [0.2, 0.25) is 0 Å². The zero-order valence-electron chi connectivity index (χ0n) is 24.8. The van der Waals surface area contributed by atoms with Crippen LogP contribution in [-0.4, -0.2) is 62.2 Å². The van der Waals surface area contributed by atoms with Gasteiger partial charge in [0.05, 0.1) is 13.7 Å². The minimum absolute atomic E-state index is 0.0696. The molecule has 43 heavy (non-hydrogen) atoms. The summed E-state index contributed by atoms with van der Waals surface area (Å²) < 4.78 is 38.4. The van der Waals surface area contributed by atoms with Gasteiger partial charge in [-0.05, 0) is 66.1 Å². The Morgan fingerprint density at radius 3 is 2.42 bits per heavy atom. The molecule has 0 radical (unpaired) electrons. The van der Waals surface area contributed by atoms with Gasteiger partial charge in [-0.2, -0.15) is 0 Å². The van der Waals surface area contributed by atoms with Crippen LogP contribution >= 0.6 is 0 Å². The Hall–Kier alpha value is -4.31. The van der Waals surface area contributed by atoms with Crippen LogP contribution in [0.25, 0.3) is 0 Å². The molecule has 0 aromatic heterocycles. The number of halogens is 1. The third-order valence-corrected chi connectivity index (χ3v) is 7.53. The molecular formula is C33H38FN3O6. The van der Waals surface area contributed by atoms with Crippen molar-refractivity contribution in [2.45, 2.75) is 38.8 Å². The van der Waals surface area contributed by atoms with Gasteiger partial charge in [0.2, 0.25) is 0 Å². The number of ether oxygens (including phenoxy) is 4. The number of piperidine rings is 1. The fourth-order valence-corrected chi connectivity index (χ4v) is 5.40. The minimum Gasteiger partial charge on any atom is -0.493 e. The first-order chi connectivity index (χ1) is 20.7. The van der Waals surface area contributed by atoms with Crippen LogP contribution < -0.4 is 29.6 Å². The topological polar surface area (TPSA) is 98.4 Å². The fraction of sp³-hybridized carbons (Fsp3) is 0.394. The van der Waals surface area contributed by atoms with Gasteiger partial charge in [-0.1, -0.05) is 13.8 Å². The maximum Gasteiger partial charge on any atom is 0.264 e.